The Morgan fingerprint density at radius 2 is 2.00 bits per heavy atom. The number of aliphatic hydroxyl groups is 1. The number of piperidine rings is 1. The average molecular weight is 155 g/mol. The van der Waals surface area contributed by atoms with E-state index in [0.717, 1.165) is 11.8 Å². The Morgan fingerprint density at radius 3 is 2.55 bits per heavy atom. The Kier molecular flexibility index (Phi) is 2.14. The van der Waals surface area contributed by atoms with Crippen LogP contribution in [-0.2, 0) is 0 Å². The third-order valence-corrected chi connectivity index (χ3v) is 3.20. The zero-order chi connectivity index (χ0) is 7.68. The fourth-order valence-electron chi connectivity index (χ4n) is 2.33. The molecule has 2 rings (SSSR count). The molecule has 2 nitrogen and oxygen atoms in total. The number of hydrogen-bond donors (Lipinski definition) is 2. The molecular weight excluding hydrogens is 138 g/mol. The molecule has 0 aromatic carbocycles. The molecule has 11 heavy (non-hydrogen) atoms. The third kappa shape index (κ3) is 1.57. The molecule has 0 spiro atoms. The van der Waals surface area contributed by atoms with Gasteiger partial charge in [-0.15, -0.1) is 0 Å². The van der Waals surface area contributed by atoms with Crippen molar-refractivity contribution in [3.63, 3.8) is 0 Å². The summed E-state index contributed by atoms with van der Waals surface area (Å²) in [6.07, 6.45) is 3.96. The first-order chi connectivity index (χ1) is 5.42. The molecular formula is C9H17NO. The van der Waals surface area contributed by atoms with Gasteiger partial charge in [0.25, 0.3) is 0 Å². The van der Waals surface area contributed by atoms with Crippen molar-refractivity contribution >= 4 is 0 Å². The lowest BCUT2D eigenvalue weighted by Gasteiger charge is -2.22. The highest BCUT2D eigenvalue weighted by Crippen LogP contribution is 2.46. The number of hydrogen-bond acceptors (Lipinski definition) is 2. The molecule has 0 bridgehead atoms. The molecule has 2 N–H and O–H groups in total. The van der Waals surface area contributed by atoms with Gasteiger partial charge in [-0.3, -0.25) is 0 Å². The SMILES string of the molecule is OCC1C[C@@H]1C1CCNCC1. The van der Waals surface area contributed by atoms with Crippen LogP contribution in [0, 0.1) is 17.8 Å². The largest absolute Gasteiger partial charge is 0.396 e. The summed E-state index contributed by atoms with van der Waals surface area (Å²) < 4.78 is 0. The van der Waals surface area contributed by atoms with Crippen molar-refractivity contribution in [2.24, 2.45) is 17.8 Å². The van der Waals surface area contributed by atoms with Crippen molar-refractivity contribution in [3.05, 3.63) is 0 Å². The maximum atomic E-state index is 8.89. The van der Waals surface area contributed by atoms with Gasteiger partial charge in [-0.2, -0.15) is 0 Å². The van der Waals surface area contributed by atoms with Gasteiger partial charge in [-0.25, -0.2) is 0 Å². The second-order valence-corrected chi connectivity index (χ2v) is 3.93. The average Bonchev–Trinajstić information content (AvgIpc) is 2.85. The summed E-state index contributed by atoms with van der Waals surface area (Å²) >= 11 is 0. The minimum Gasteiger partial charge on any atom is -0.396 e. The Labute approximate surface area is 68.0 Å². The van der Waals surface area contributed by atoms with E-state index in [1.165, 1.54) is 32.4 Å². The Balaban J connectivity index is 1.77. The van der Waals surface area contributed by atoms with Gasteiger partial charge in [-0.05, 0) is 50.1 Å². The second kappa shape index (κ2) is 3.11. The fraction of sp³-hybridized carbons (Fsp3) is 1.00. The van der Waals surface area contributed by atoms with Crippen LogP contribution in [0.3, 0.4) is 0 Å². The monoisotopic (exact) mass is 155 g/mol. The summed E-state index contributed by atoms with van der Waals surface area (Å²) in [4.78, 5) is 0. The predicted octanol–water partition coefficient (Wildman–Crippen LogP) is 0.614. The standard InChI is InChI=1S/C9H17NO/c11-6-8-5-9(8)7-1-3-10-4-2-7/h7-11H,1-6H2/t8?,9-/m1/s1. The summed E-state index contributed by atoms with van der Waals surface area (Å²) in [5, 5.41) is 12.3. The van der Waals surface area contributed by atoms with Crippen LogP contribution in [0.2, 0.25) is 0 Å². The van der Waals surface area contributed by atoms with E-state index in [0.29, 0.717) is 12.5 Å². The maximum Gasteiger partial charge on any atom is 0.0462 e. The maximum absolute atomic E-state index is 8.89. The van der Waals surface area contributed by atoms with Crippen LogP contribution in [0.1, 0.15) is 19.3 Å². The molecule has 0 aromatic heterocycles. The minimum atomic E-state index is 0.425. The molecule has 0 radical (unpaired) electrons. The molecule has 1 aliphatic carbocycles. The highest BCUT2D eigenvalue weighted by molar-refractivity contribution is 4.92. The van der Waals surface area contributed by atoms with Crippen LogP contribution in [0.4, 0.5) is 0 Å². The summed E-state index contributed by atoms with van der Waals surface area (Å²) in [5.74, 6) is 2.47. The Bertz CT molecular complexity index is 132. The van der Waals surface area contributed by atoms with E-state index < -0.39 is 0 Å². The van der Waals surface area contributed by atoms with Crippen molar-refractivity contribution in [2.45, 2.75) is 19.3 Å². The van der Waals surface area contributed by atoms with Crippen molar-refractivity contribution in [1.29, 1.82) is 0 Å². The van der Waals surface area contributed by atoms with E-state index in [1.807, 2.05) is 0 Å². The molecule has 1 heterocycles. The van der Waals surface area contributed by atoms with E-state index in [9.17, 15) is 0 Å². The Hall–Kier alpha value is -0.0800. The first-order valence-electron chi connectivity index (χ1n) is 4.73. The minimum absolute atomic E-state index is 0.425. The van der Waals surface area contributed by atoms with Gasteiger partial charge in [0, 0.05) is 6.61 Å². The van der Waals surface area contributed by atoms with Gasteiger partial charge in [0.2, 0.25) is 0 Å². The number of nitrogens with one attached hydrogen (secondary N) is 1. The molecule has 1 aliphatic heterocycles. The van der Waals surface area contributed by atoms with Crippen LogP contribution in [-0.4, -0.2) is 24.8 Å². The molecule has 1 unspecified atom stereocenters. The van der Waals surface area contributed by atoms with E-state index >= 15 is 0 Å². The summed E-state index contributed by atoms with van der Waals surface area (Å²) in [5.41, 5.74) is 0. The zero-order valence-electron chi connectivity index (χ0n) is 6.92. The molecule has 0 amide bonds. The molecule has 2 heteroatoms. The molecule has 2 aliphatic rings. The normalized spacial score (nSPS) is 39.0. The molecule has 0 aromatic rings. The van der Waals surface area contributed by atoms with Crippen molar-refractivity contribution < 1.29 is 5.11 Å². The predicted molar refractivity (Wildman–Crippen MR) is 44.3 cm³/mol. The number of rotatable bonds is 2. The van der Waals surface area contributed by atoms with Gasteiger partial charge in [0.1, 0.15) is 0 Å². The molecule has 1 saturated carbocycles. The van der Waals surface area contributed by atoms with E-state index in [1.54, 1.807) is 0 Å². The van der Waals surface area contributed by atoms with Crippen molar-refractivity contribution in [1.82, 2.24) is 5.32 Å². The van der Waals surface area contributed by atoms with Crippen LogP contribution in [0.15, 0.2) is 0 Å². The van der Waals surface area contributed by atoms with Gasteiger partial charge in [0.15, 0.2) is 0 Å². The fourth-order valence-corrected chi connectivity index (χ4v) is 2.33. The molecule has 1 saturated heterocycles. The zero-order valence-corrected chi connectivity index (χ0v) is 6.92. The second-order valence-electron chi connectivity index (χ2n) is 3.93. The highest BCUT2D eigenvalue weighted by atomic mass is 16.3. The van der Waals surface area contributed by atoms with Gasteiger partial charge >= 0.3 is 0 Å². The molecule has 2 atom stereocenters. The quantitative estimate of drug-likeness (QED) is 0.612. The van der Waals surface area contributed by atoms with Crippen LogP contribution >= 0.6 is 0 Å². The lowest BCUT2D eigenvalue weighted by Crippen LogP contribution is -2.29. The third-order valence-electron chi connectivity index (χ3n) is 3.20. The van der Waals surface area contributed by atoms with E-state index in [4.69, 9.17) is 5.11 Å². The van der Waals surface area contributed by atoms with Crippen molar-refractivity contribution in [2.75, 3.05) is 19.7 Å². The molecule has 64 valence electrons. The van der Waals surface area contributed by atoms with Crippen LogP contribution in [0.5, 0.6) is 0 Å². The molecule has 2 fully saturated rings. The Morgan fingerprint density at radius 1 is 1.27 bits per heavy atom. The summed E-state index contributed by atoms with van der Waals surface area (Å²) in [6.45, 7) is 2.81. The van der Waals surface area contributed by atoms with Crippen LogP contribution < -0.4 is 5.32 Å². The van der Waals surface area contributed by atoms with Gasteiger partial charge < -0.3 is 10.4 Å². The smallest absolute Gasteiger partial charge is 0.0462 e. The summed E-state index contributed by atoms with van der Waals surface area (Å²) in [6, 6.07) is 0. The number of aliphatic hydroxyl groups excluding tert-OH is 1. The van der Waals surface area contributed by atoms with Crippen molar-refractivity contribution in [3.8, 4) is 0 Å². The van der Waals surface area contributed by atoms with E-state index in [-0.39, 0.29) is 0 Å². The summed E-state index contributed by atoms with van der Waals surface area (Å²) in [7, 11) is 0. The van der Waals surface area contributed by atoms with E-state index in [2.05, 4.69) is 5.32 Å². The first-order valence-corrected chi connectivity index (χ1v) is 4.73. The van der Waals surface area contributed by atoms with Gasteiger partial charge in [0.05, 0.1) is 0 Å². The van der Waals surface area contributed by atoms with Gasteiger partial charge in [-0.1, -0.05) is 0 Å². The lowest BCUT2D eigenvalue weighted by molar-refractivity contribution is 0.245. The first kappa shape index (κ1) is 7.56. The highest BCUT2D eigenvalue weighted by Gasteiger charge is 2.41. The topological polar surface area (TPSA) is 32.3 Å². The lowest BCUT2D eigenvalue weighted by atomic mass is 9.92. The van der Waals surface area contributed by atoms with Crippen LogP contribution in [0.25, 0.3) is 0 Å².